The molecule has 0 atom stereocenters. The SMILES string of the molecule is COC(=O)c1cnc2c(c1)N(C(=O)OC(C)(C)C)C(=O)C2. The van der Waals surface area contributed by atoms with E-state index in [-0.39, 0.29) is 17.7 Å². The van der Waals surface area contributed by atoms with Crippen LogP contribution < -0.4 is 4.90 Å². The molecule has 1 aliphatic rings. The average molecular weight is 292 g/mol. The summed E-state index contributed by atoms with van der Waals surface area (Å²) < 4.78 is 9.80. The zero-order chi connectivity index (χ0) is 15.8. The van der Waals surface area contributed by atoms with Gasteiger partial charge in [0.1, 0.15) is 5.60 Å². The van der Waals surface area contributed by atoms with Crippen LogP contribution in [0.3, 0.4) is 0 Å². The van der Waals surface area contributed by atoms with E-state index >= 15 is 0 Å². The van der Waals surface area contributed by atoms with E-state index in [0.717, 1.165) is 4.90 Å². The molecule has 1 aromatic heterocycles. The van der Waals surface area contributed by atoms with Crippen LogP contribution in [0.4, 0.5) is 10.5 Å². The number of carbonyl (C=O) groups excluding carboxylic acids is 3. The number of carbonyl (C=O) groups is 3. The standard InChI is InChI=1S/C14H16N2O5/c1-14(2,3)21-13(19)16-10-5-8(12(18)20-4)7-15-9(10)6-11(16)17/h5,7H,6H2,1-4H3. The van der Waals surface area contributed by atoms with Gasteiger partial charge in [0.05, 0.1) is 30.5 Å². The van der Waals surface area contributed by atoms with Crippen molar-refractivity contribution < 1.29 is 23.9 Å². The summed E-state index contributed by atoms with van der Waals surface area (Å²) in [6.07, 6.45) is 0.530. The van der Waals surface area contributed by atoms with Crippen molar-refractivity contribution in [1.82, 2.24) is 4.98 Å². The van der Waals surface area contributed by atoms with Crippen molar-refractivity contribution in [3.63, 3.8) is 0 Å². The Labute approximate surface area is 121 Å². The van der Waals surface area contributed by atoms with Gasteiger partial charge in [-0.2, -0.15) is 0 Å². The highest BCUT2D eigenvalue weighted by Crippen LogP contribution is 2.29. The van der Waals surface area contributed by atoms with E-state index < -0.39 is 23.6 Å². The van der Waals surface area contributed by atoms with Crippen molar-refractivity contribution in [1.29, 1.82) is 0 Å². The number of hydrogen-bond acceptors (Lipinski definition) is 6. The molecular weight excluding hydrogens is 276 g/mol. The molecule has 112 valence electrons. The quantitative estimate of drug-likeness (QED) is 0.732. The molecule has 0 unspecified atom stereocenters. The van der Waals surface area contributed by atoms with Crippen LogP contribution in [0.15, 0.2) is 12.3 Å². The highest BCUT2D eigenvalue weighted by molar-refractivity contribution is 6.17. The molecule has 0 saturated carbocycles. The number of fused-ring (bicyclic) bond motifs is 1. The maximum absolute atomic E-state index is 12.1. The van der Waals surface area contributed by atoms with E-state index in [9.17, 15) is 14.4 Å². The molecule has 21 heavy (non-hydrogen) atoms. The summed E-state index contributed by atoms with van der Waals surface area (Å²) in [5, 5.41) is 0. The molecule has 0 spiro atoms. The van der Waals surface area contributed by atoms with Gasteiger partial charge in [-0.15, -0.1) is 0 Å². The average Bonchev–Trinajstić information content (AvgIpc) is 2.70. The first-order chi connectivity index (χ1) is 9.73. The predicted molar refractivity (Wildman–Crippen MR) is 73.0 cm³/mol. The Morgan fingerprint density at radius 3 is 2.57 bits per heavy atom. The Morgan fingerprint density at radius 1 is 1.33 bits per heavy atom. The van der Waals surface area contributed by atoms with Crippen LogP contribution >= 0.6 is 0 Å². The van der Waals surface area contributed by atoms with Crippen molar-refractivity contribution in [2.75, 3.05) is 12.0 Å². The van der Waals surface area contributed by atoms with Gasteiger partial charge in [-0.25, -0.2) is 14.5 Å². The third kappa shape index (κ3) is 3.01. The summed E-state index contributed by atoms with van der Waals surface area (Å²) in [5.74, 6) is -1.03. The van der Waals surface area contributed by atoms with Crippen LogP contribution in [0.2, 0.25) is 0 Å². The topological polar surface area (TPSA) is 85.8 Å². The first-order valence-electron chi connectivity index (χ1n) is 6.36. The number of methoxy groups -OCH3 is 1. The van der Waals surface area contributed by atoms with E-state index in [1.807, 2.05) is 0 Å². The molecule has 0 bridgehead atoms. The highest BCUT2D eigenvalue weighted by atomic mass is 16.6. The summed E-state index contributed by atoms with van der Waals surface area (Å²) in [7, 11) is 1.24. The van der Waals surface area contributed by atoms with Gasteiger partial charge in [0, 0.05) is 6.20 Å². The second kappa shape index (κ2) is 5.16. The van der Waals surface area contributed by atoms with Gasteiger partial charge >= 0.3 is 12.1 Å². The first-order valence-corrected chi connectivity index (χ1v) is 6.36. The van der Waals surface area contributed by atoms with E-state index in [1.54, 1.807) is 20.8 Å². The third-order valence-corrected chi connectivity index (χ3v) is 2.75. The molecule has 0 fully saturated rings. The Kier molecular flexibility index (Phi) is 3.67. The second-order valence-electron chi connectivity index (χ2n) is 5.57. The van der Waals surface area contributed by atoms with Crippen molar-refractivity contribution in [3.05, 3.63) is 23.5 Å². The van der Waals surface area contributed by atoms with Crippen LogP contribution in [-0.2, 0) is 20.7 Å². The molecule has 2 heterocycles. The normalized spacial score (nSPS) is 13.9. The van der Waals surface area contributed by atoms with Gasteiger partial charge in [0.2, 0.25) is 5.91 Å². The number of nitrogens with zero attached hydrogens (tertiary/aromatic N) is 2. The lowest BCUT2D eigenvalue weighted by molar-refractivity contribution is -0.117. The monoisotopic (exact) mass is 292 g/mol. The Morgan fingerprint density at radius 2 is 2.00 bits per heavy atom. The van der Waals surface area contributed by atoms with Gasteiger partial charge < -0.3 is 9.47 Å². The molecular formula is C14H16N2O5. The van der Waals surface area contributed by atoms with Crippen LogP contribution in [0.25, 0.3) is 0 Å². The number of pyridine rings is 1. The molecule has 7 nitrogen and oxygen atoms in total. The molecule has 1 aromatic rings. The van der Waals surface area contributed by atoms with Crippen molar-refractivity contribution in [2.45, 2.75) is 32.8 Å². The number of ether oxygens (including phenoxy) is 2. The fourth-order valence-corrected chi connectivity index (χ4v) is 1.91. The second-order valence-corrected chi connectivity index (χ2v) is 5.57. The van der Waals surface area contributed by atoms with Crippen LogP contribution in [0.5, 0.6) is 0 Å². The number of aromatic nitrogens is 1. The van der Waals surface area contributed by atoms with Crippen molar-refractivity contribution >= 4 is 23.7 Å². The number of anilines is 1. The summed E-state index contributed by atoms with van der Waals surface area (Å²) in [6, 6.07) is 1.41. The zero-order valence-electron chi connectivity index (χ0n) is 12.3. The zero-order valence-corrected chi connectivity index (χ0v) is 12.3. The van der Waals surface area contributed by atoms with E-state index in [2.05, 4.69) is 9.72 Å². The molecule has 0 saturated heterocycles. The number of rotatable bonds is 1. The van der Waals surface area contributed by atoms with Crippen molar-refractivity contribution in [3.8, 4) is 0 Å². The van der Waals surface area contributed by atoms with Crippen molar-refractivity contribution in [2.24, 2.45) is 0 Å². The highest BCUT2D eigenvalue weighted by Gasteiger charge is 2.37. The summed E-state index contributed by atoms with van der Waals surface area (Å²) in [5.41, 5.74) is 0.128. The molecule has 2 amide bonds. The number of amides is 2. The van der Waals surface area contributed by atoms with Crippen LogP contribution in [-0.4, -0.2) is 35.7 Å². The number of hydrogen-bond donors (Lipinski definition) is 0. The van der Waals surface area contributed by atoms with Gasteiger partial charge in [-0.1, -0.05) is 0 Å². The number of esters is 1. The lowest BCUT2D eigenvalue weighted by Crippen LogP contribution is -2.38. The van der Waals surface area contributed by atoms with E-state index in [1.165, 1.54) is 19.4 Å². The third-order valence-electron chi connectivity index (χ3n) is 2.75. The van der Waals surface area contributed by atoms with Gasteiger partial charge in [-0.05, 0) is 26.8 Å². The summed E-state index contributed by atoms with van der Waals surface area (Å²) >= 11 is 0. The molecule has 7 heteroatoms. The fraction of sp³-hybridized carbons (Fsp3) is 0.429. The maximum atomic E-state index is 12.1. The smallest absolute Gasteiger partial charge is 0.421 e. The predicted octanol–water partition coefficient (Wildman–Crippen LogP) is 1.69. The minimum absolute atomic E-state index is 0.00394. The Hall–Kier alpha value is -2.44. The van der Waals surface area contributed by atoms with E-state index in [0.29, 0.717) is 5.69 Å². The lowest BCUT2D eigenvalue weighted by Gasteiger charge is -2.23. The molecule has 2 rings (SSSR count). The van der Waals surface area contributed by atoms with Gasteiger partial charge in [0.15, 0.2) is 0 Å². The van der Waals surface area contributed by atoms with Gasteiger partial charge in [-0.3, -0.25) is 9.78 Å². The molecule has 0 aromatic carbocycles. The fourth-order valence-electron chi connectivity index (χ4n) is 1.91. The number of imide groups is 1. The van der Waals surface area contributed by atoms with Crippen LogP contribution in [0.1, 0.15) is 36.8 Å². The summed E-state index contributed by atoms with van der Waals surface area (Å²) in [4.78, 5) is 40.6. The molecule has 0 aliphatic carbocycles. The summed E-state index contributed by atoms with van der Waals surface area (Å²) in [6.45, 7) is 5.11. The Balaban J connectivity index is 2.37. The molecule has 1 aliphatic heterocycles. The first kappa shape index (κ1) is 15.0. The maximum Gasteiger partial charge on any atom is 0.421 e. The molecule has 0 N–H and O–H groups in total. The lowest BCUT2D eigenvalue weighted by atomic mass is 10.2. The minimum atomic E-state index is -0.782. The van der Waals surface area contributed by atoms with E-state index in [4.69, 9.17) is 4.74 Å². The largest absolute Gasteiger partial charge is 0.465 e. The molecule has 0 radical (unpaired) electrons. The van der Waals surface area contributed by atoms with Gasteiger partial charge in [0.25, 0.3) is 0 Å². The minimum Gasteiger partial charge on any atom is -0.465 e. The van der Waals surface area contributed by atoms with Crippen LogP contribution in [0, 0.1) is 0 Å². The Bertz CT molecular complexity index is 618.